The molecule has 3 heterocycles. The summed E-state index contributed by atoms with van der Waals surface area (Å²) in [4.78, 5) is 24.3. The summed E-state index contributed by atoms with van der Waals surface area (Å²) in [6.45, 7) is -0.173. The van der Waals surface area contributed by atoms with Crippen molar-refractivity contribution in [2.24, 2.45) is 0 Å². The van der Waals surface area contributed by atoms with Gasteiger partial charge < -0.3 is 5.32 Å². The summed E-state index contributed by atoms with van der Waals surface area (Å²) in [5.41, 5.74) is -1.54. The molecule has 8 nitrogen and oxygen atoms in total. The SMILES string of the molecule is O=C(NCc1cc(-c2ccc(C(F)(F)F)nc2)ncn1)[C@@H]1C[C@@H](F)C2(CC2)N1S(=O)(=O)c1ccc(F)cc1. The van der Waals surface area contributed by atoms with E-state index in [9.17, 15) is 35.2 Å². The van der Waals surface area contributed by atoms with Gasteiger partial charge in [0, 0.05) is 18.2 Å². The van der Waals surface area contributed by atoms with Crippen molar-refractivity contribution in [3.8, 4) is 11.3 Å². The van der Waals surface area contributed by atoms with E-state index in [0.717, 1.165) is 47.2 Å². The minimum Gasteiger partial charge on any atom is -0.349 e. The molecule has 2 atom stereocenters. The van der Waals surface area contributed by atoms with Crippen LogP contribution in [0.5, 0.6) is 0 Å². The van der Waals surface area contributed by atoms with Crippen LogP contribution in [0.3, 0.4) is 0 Å². The highest BCUT2D eigenvalue weighted by atomic mass is 32.2. The summed E-state index contributed by atoms with van der Waals surface area (Å²) in [7, 11) is -4.31. The summed E-state index contributed by atoms with van der Waals surface area (Å²) in [6.07, 6.45) is -3.78. The average Bonchev–Trinajstić information content (AvgIpc) is 3.62. The Morgan fingerprint density at radius 1 is 1.08 bits per heavy atom. The van der Waals surface area contributed by atoms with Gasteiger partial charge in [-0.15, -0.1) is 0 Å². The van der Waals surface area contributed by atoms with Gasteiger partial charge in [-0.2, -0.15) is 17.5 Å². The van der Waals surface area contributed by atoms with Crippen LogP contribution < -0.4 is 5.32 Å². The maximum atomic E-state index is 15.0. The Kier molecular flexibility index (Phi) is 6.42. The van der Waals surface area contributed by atoms with Gasteiger partial charge in [0.15, 0.2) is 0 Å². The van der Waals surface area contributed by atoms with Crippen LogP contribution in [-0.4, -0.2) is 51.3 Å². The monoisotopic (exact) mass is 553 g/mol. The lowest BCUT2D eigenvalue weighted by Gasteiger charge is -2.29. The van der Waals surface area contributed by atoms with Crippen molar-refractivity contribution in [3.63, 3.8) is 0 Å². The van der Waals surface area contributed by atoms with Crippen LogP contribution in [-0.2, 0) is 27.5 Å². The highest BCUT2D eigenvalue weighted by molar-refractivity contribution is 7.89. The first-order valence-corrected chi connectivity index (χ1v) is 12.9. The second-order valence-corrected chi connectivity index (χ2v) is 10.9. The number of halogens is 5. The van der Waals surface area contributed by atoms with Crippen molar-refractivity contribution >= 4 is 15.9 Å². The van der Waals surface area contributed by atoms with Crippen molar-refractivity contribution < 1.29 is 35.2 Å². The molecule has 5 rings (SSSR count). The Morgan fingerprint density at radius 3 is 2.39 bits per heavy atom. The smallest absolute Gasteiger partial charge is 0.349 e. The van der Waals surface area contributed by atoms with Crippen molar-refractivity contribution in [2.75, 3.05) is 0 Å². The molecule has 0 unspecified atom stereocenters. The molecule has 1 spiro atoms. The summed E-state index contributed by atoms with van der Waals surface area (Å²) in [6, 6.07) is 6.21. The number of rotatable bonds is 6. The topological polar surface area (TPSA) is 105 Å². The highest BCUT2D eigenvalue weighted by Crippen LogP contribution is 2.55. The van der Waals surface area contributed by atoms with Crippen molar-refractivity contribution in [1.82, 2.24) is 24.6 Å². The number of aromatic nitrogens is 3. The Labute approximate surface area is 214 Å². The number of pyridine rings is 1. The Hall–Kier alpha value is -3.52. The number of hydrogen-bond donors (Lipinski definition) is 1. The Morgan fingerprint density at radius 2 is 1.79 bits per heavy atom. The van der Waals surface area contributed by atoms with Crippen LogP contribution in [0, 0.1) is 5.82 Å². The van der Waals surface area contributed by atoms with E-state index >= 15 is 0 Å². The summed E-state index contributed by atoms with van der Waals surface area (Å²) >= 11 is 0. The van der Waals surface area contributed by atoms with E-state index in [1.54, 1.807) is 0 Å². The first kappa shape index (κ1) is 26.1. The number of nitrogens with zero attached hydrogens (tertiary/aromatic N) is 4. The average molecular weight is 554 g/mol. The number of carbonyl (C=O) groups is 1. The van der Waals surface area contributed by atoms with Crippen LogP contribution >= 0.6 is 0 Å². The molecule has 1 N–H and O–H groups in total. The van der Waals surface area contributed by atoms with Gasteiger partial charge >= 0.3 is 6.18 Å². The number of alkyl halides is 4. The zero-order valence-electron chi connectivity index (χ0n) is 19.5. The fourth-order valence-electron chi connectivity index (χ4n) is 4.62. The molecule has 1 saturated heterocycles. The summed E-state index contributed by atoms with van der Waals surface area (Å²) in [5, 5.41) is 2.57. The molecule has 200 valence electrons. The van der Waals surface area contributed by atoms with E-state index in [4.69, 9.17) is 0 Å². The molecule has 2 fully saturated rings. The zero-order valence-corrected chi connectivity index (χ0v) is 20.3. The molecule has 3 aromatic rings. The summed E-state index contributed by atoms with van der Waals surface area (Å²) < 4.78 is 94.3. The minimum atomic E-state index is -4.59. The molecule has 2 aliphatic rings. The van der Waals surface area contributed by atoms with Crippen LogP contribution in [0.15, 0.2) is 59.9 Å². The molecule has 14 heteroatoms. The zero-order chi connectivity index (χ0) is 27.3. The van der Waals surface area contributed by atoms with Crippen LogP contribution in [0.4, 0.5) is 22.0 Å². The maximum Gasteiger partial charge on any atom is 0.433 e. The number of amides is 1. The Bertz CT molecular complexity index is 1460. The lowest BCUT2D eigenvalue weighted by molar-refractivity contribution is -0.141. The van der Waals surface area contributed by atoms with Gasteiger partial charge in [-0.3, -0.25) is 9.78 Å². The largest absolute Gasteiger partial charge is 0.433 e. The molecule has 2 aromatic heterocycles. The number of hydrogen-bond acceptors (Lipinski definition) is 6. The third kappa shape index (κ3) is 4.73. The van der Waals surface area contributed by atoms with Gasteiger partial charge in [-0.05, 0) is 55.3 Å². The molecule has 0 bridgehead atoms. The number of benzene rings is 1. The minimum absolute atomic E-state index is 0.173. The van der Waals surface area contributed by atoms with E-state index in [1.807, 2.05) is 0 Å². The molecule has 0 radical (unpaired) electrons. The van der Waals surface area contributed by atoms with Crippen molar-refractivity contribution in [2.45, 2.75) is 54.6 Å². The van der Waals surface area contributed by atoms with Crippen LogP contribution in [0.1, 0.15) is 30.7 Å². The molecule has 1 aliphatic carbocycles. The van der Waals surface area contributed by atoms with Gasteiger partial charge in [0.1, 0.15) is 30.1 Å². The fourth-order valence-corrected chi connectivity index (χ4v) is 6.62. The lowest BCUT2D eigenvalue weighted by Crippen LogP contribution is -2.50. The number of carbonyl (C=O) groups excluding carboxylic acids is 1. The third-order valence-corrected chi connectivity index (χ3v) is 8.69. The number of sulfonamides is 1. The second kappa shape index (κ2) is 9.34. The van der Waals surface area contributed by atoms with Gasteiger partial charge in [-0.1, -0.05) is 0 Å². The normalized spacial score (nSPS) is 21.0. The first-order chi connectivity index (χ1) is 17.9. The van der Waals surface area contributed by atoms with Crippen LogP contribution in [0.2, 0.25) is 0 Å². The molecular weight excluding hydrogens is 533 g/mol. The predicted molar refractivity (Wildman–Crippen MR) is 123 cm³/mol. The third-order valence-electron chi connectivity index (χ3n) is 6.69. The summed E-state index contributed by atoms with van der Waals surface area (Å²) in [5.74, 6) is -1.38. The molecule has 1 amide bonds. The van der Waals surface area contributed by atoms with Gasteiger partial charge in [0.05, 0.1) is 28.4 Å². The van der Waals surface area contributed by atoms with E-state index in [-0.39, 0.29) is 47.7 Å². The molecular formula is C24H20F5N5O3S. The molecule has 1 aromatic carbocycles. The lowest BCUT2D eigenvalue weighted by atomic mass is 10.1. The Balaban J connectivity index is 1.33. The second-order valence-electron chi connectivity index (χ2n) is 9.12. The van der Waals surface area contributed by atoms with E-state index in [1.165, 1.54) is 12.1 Å². The van der Waals surface area contributed by atoms with Gasteiger partial charge in [0.25, 0.3) is 0 Å². The van der Waals surface area contributed by atoms with E-state index < -0.39 is 51.4 Å². The maximum absolute atomic E-state index is 15.0. The highest BCUT2D eigenvalue weighted by Gasteiger charge is 2.67. The van der Waals surface area contributed by atoms with E-state index in [2.05, 4.69) is 20.3 Å². The van der Waals surface area contributed by atoms with Gasteiger partial charge in [-0.25, -0.2) is 27.2 Å². The van der Waals surface area contributed by atoms with E-state index in [0.29, 0.717) is 0 Å². The number of nitrogens with one attached hydrogen (secondary N) is 1. The fraction of sp³-hybridized carbons (Fsp3) is 0.333. The van der Waals surface area contributed by atoms with Crippen LogP contribution in [0.25, 0.3) is 11.3 Å². The van der Waals surface area contributed by atoms with Crippen molar-refractivity contribution in [1.29, 1.82) is 0 Å². The standard InChI is InChI=1S/C24H20F5N5O3S/c25-15-2-4-17(5-3-15)38(36,37)34-19(10-20(26)23(34)7-8-23)22(35)31-12-16-9-18(33-13-32-16)14-1-6-21(30-11-14)24(27,28)29/h1-6,9,11,13,19-20H,7-8,10,12H2,(H,31,35)/t19-,20+/m0/s1. The van der Waals surface area contributed by atoms with Gasteiger partial charge in [0.2, 0.25) is 15.9 Å². The quantitative estimate of drug-likeness (QED) is 0.468. The van der Waals surface area contributed by atoms with Crippen molar-refractivity contribution in [3.05, 3.63) is 72.2 Å². The molecule has 1 saturated carbocycles. The molecule has 1 aliphatic heterocycles. The first-order valence-electron chi connectivity index (χ1n) is 11.5. The molecule has 38 heavy (non-hydrogen) atoms. The predicted octanol–water partition coefficient (Wildman–Crippen LogP) is 3.65.